The average Bonchev–Trinajstić information content (AvgIpc) is 2.01. The smallest absolute Gasteiger partial charge is 0.227 e. The van der Waals surface area contributed by atoms with Crippen molar-refractivity contribution in [3.63, 3.8) is 0 Å². The lowest BCUT2D eigenvalue weighted by Gasteiger charge is -1.97. The SMILES string of the molecule is NC(=O)CSc1ccnc(N)n1. The Morgan fingerprint density at radius 1 is 1.67 bits per heavy atom. The van der Waals surface area contributed by atoms with Crippen molar-refractivity contribution in [2.24, 2.45) is 5.73 Å². The van der Waals surface area contributed by atoms with Crippen LogP contribution in [0, 0.1) is 0 Å². The van der Waals surface area contributed by atoms with Gasteiger partial charge in [0.05, 0.1) is 5.75 Å². The van der Waals surface area contributed by atoms with E-state index in [9.17, 15) is 4.79 Å². The fourth-order valence-corrected chi connectivity index (χ4v) is 1.19. The summed E-state index contributed by atoms with van der Waals surface area (Å²) in [5, 5.41) is 0.654. The summed E-state index contributed by atoms with van der Waals surface area (Å²) in [5.74, 6) is 0.0258. The molecule has 64 valence electrons. The zero-order valence-electron chi connectivity index (χ0n) is 6.23. The highest BCUT2D eigenvalue weighted by Crippen LogP contribution is 2.13. The minimum Gasteiger partial charge on any atom is -0.369 e. The van der Waals surface area contributed by atoms with Crippen molar-refractivity contribution < 1.29 is 4.79 Å². The Morgan fingerprint density at radius 3 is 3.00 bits per heavy atom. The Balaban J connectivity index is 2.57. The Labute approximate surface area is 73.6 Å². The summed E-state index contributed by atoms with van der Waals surface area (Å²) in [6, 6.07) is 1.67. The lowest BCUT2D eigenvalue weighted by molar-refractivity contribution is -0.115. The van der Waals surface area contributed by atoms with Gasteiger partial charge in [-0.3, -0.25) is 4.79 Å². The van der Waals surface area contributed by atoms with Crippen LogP contribution in [0.5, 0.6) is 0 Å². The lowest BCUT2D eigenvalue weighted by atomic mass is 10.7. The van der Waals surface area contributed by atoms with Gasteiger partial charge in [-0.05, 0) is 6.07 Å². The average molecular weight is 184 g/mol. The molecule has 1 heterocycles. The molecule has 1 aromatic rings. The number of rotatable bonds is 3. The van der Waals surface area contributed by atoms with Gasteiger partial charge in [-0.25, -0.2) is 9.97 Å². The number of primary amides is 1. The highest BCUT2D eigenvalue weighted by molar-refractivity contribution is 7.99. The fourth-order valence-electron chi connectivity index (χ4n) is 0.582. The molecule has 0 aliphatic carbocycles. The zero-order valence-corrected chi connectivity index (χ0v) is 7.04. The van der Waals surface area contributed by atoms with E-state index in [4.69, 9.17) is 11.5 Å². The summed E-state index contributed by atoms with van der Waals surface area (Å²) in [7, 11) is 0. The first-order valence-electron chi connectivity index (χ1n) is 3.18. The minimum absolute atomic E-state index is 0.199. The second-order valence-electron chi connectivity index (χ2n) is 2.01. The molecule has 0 aromatic carbocycles. The van der Waals surface area contributed by atoms with Crippen molar-refractivity contribution in [2.75, 3.05) is 11.5 Å². The summed E-state index contributed by atoms with van der Waals surface area (Å²) in [5.41, 5.74) is 10.3. The number of amides is 1. The molecule has 0 fully saturated rings. The van der Waals surface area contributed by atoms with Gasteiger partial charge in [0.1, 0.15) is 5.03 Å². The molecule has 0 saturated carbocycles. The minimum atomic E-state index is -0.378. The summed E-state index contributed by atoms with van der Waals surface area (Å²) in [6.45, 7) is 0. The third kappa shape index (κ3) is 2.75. The van der Waals surface area contributed by atoms with E-state index in [1.165, 1.54) is 18.0 Å². The maximum atomic E-state index is 10.4. The first-order chi connectivity index (χ1) is 5.68. The van der Waals surface area contributed by atoms with Gasteiger partial charge in [-0.2, -0.15) is 0 Å². The van der Waals surface area contributed by atoms with Crippen LogP contribution < -0.4 is 11.5 Å². The highest BCUT2D eigenvalue weighted by Gasteiger charge is 1.99. The molecule has 5 nitrogen and oxygen atoms in total. The molecule has 0 aliphatic heterocycles. The van der Waals surface area contributed by atoms with Gasteiger partial charge in [0, 0.05) is 6.20 Å². The van der Waals surface area contributed by atoms with Gasteiger partial charge in [-0.15, -0.1) is 0 Å². The molecule has 1 aromatic heterocycles. The molecule has 0 radical (unpaired) electrons. The van der Waals surface area contributed by atoms with Gasteiger partial charge in [0.25, 0.3) is 0 Å². The van der Waals surface area contributed by atoms with Gasteiger partial charge in [0.15, 0.2) is 0 Å². The third-order valence-electron chi connectivity index (χ3n) is 1.01. The van der Waals surface area contributed by atoms with Crippen LogP contribution in [0.3, 0.4) is 0 Å². The van der Waals surface area contributed by atoms with Crippen LogP contribution in [-0.2, 0) is 4.79 Å². The van der Waals surface area contributed by atoms with E-state index < -0.39 is 0 Å². The number of aromatic nitrogens is 2. The molecule has 0 spiro atoms. The Bertz CT molecular complexity index is 291. The lowest BCUT2D eigenvalue weighted by Crippen LogP contribution is -2.13. The summed E-state index contributed by atoms with van der Waals surface area (Å²) in [4.78, 5) is 18.0. The fraction of sp³-hybridized carbons (Fsp3) is 0.167. The number of thioether (sulfide) groups is 1. The van der Waals surface area contributed by atoms with Crippen LogP contribution in [0.15, 0.2) is 17.3 Å². The molecule has 4 N–H and O–H groups in total. The van der Waals surface area contributed by atoms with Crippen LogP contribution in [-0.4, -0.2) is 21.6 Å². The van der Waals surface area contributed by atoms with Gasteiger partial charge in [0.2, 0.25) is 11.9 Å². The molecule has 1 amide bonds. The number of carbonyl (C=O) groups excluding carboxylic acids is 1. The molecule has 0 saturated heterocycles. The standard InChI is InChI=1S/C6H8N4OS/c7-4(11)3-12-5-1-2-9-6(8)10-5/h1-2H,3H2,(H2,7,11)(H2,8,9,10). The molecule has 6 heteroatoms. The summed E-state index contributed by atoms with van der Waals surface area (Å²) >= 11 is 1.24. The summed E-state index contributed by atoms with van der Waals surface area (Å²) < 4.78 is 0. The third-order valence-corrected chi connectivity index (χ3v) is 1.96. The monoisotopic (exact) mass is 184 g/mol. The van der Waals surface area contributed by atoms with Crippen LogP contribution in [0.4, 0.5) is 5.95 Å². The van der Waals surface area contributed by atoms with Gasteiger partial charge < -0.3 is 11.5 Å². The second-order valence-corrected chi connectivity index (χ2v) is 3.00. The molecule has 0 unspecified atom stereocenters. The van der Waals surface area contributed by atoms with E-state index in [-0.39, 0.29) is 17.6 Å². The number of nitrogens with zero attached hydrogens (tertiary/aromatic N) is 2. The van der Waals surface area contributed by atoms with E-state index in [1.54, 1.807) is 6.07 Å². The quantitative estimate of drug-likeness (QED) is 0.494. The number of carbonyl (C=O) groups is 1. The number of hydrogen-bond donors (Lipinski definition) is 2. The van der Waals surface area contributed by atoms with Crippen LogP contribution in [0.1, 0.15) is 0 Å². The molecule has 1 rings (SSSR count). The number of anilines is 1. The van der Waals surface area contributed by atoms with E-state index >= 15 is 0 Å². The van der Waals surface area contributed by atoms with Crippen LogP contribution >= 0.6 is 11.8 Å². The Kier molecular flexibility index (Phi) is 2.87. The van der Waals surface area contributed by atoms with Crippen molar-refractivity contribution >= 4 is 23.6 Å². The largest absolute Gasteiger partial charge is 0.369 e. The summed E-state index contributed by atoms with van der Waals surface area (Å²) in [6.07, 6.45) is 1.53. The van der Waals surface area contributed by atoms with E-state index in [2.05, 4.69) is 9.97 Å². The Morgan fingerprint density at radius 2 is 2.42 bits per heavy atom. The van der Waals surface area contributed by atoms with Crippen molar-refractivity contribution in [1.82, 2.24) is 9.97 Å². The first kappa shape index (κ1) is 8.79. The number of nitrogens with two attached hydrogens (primary N) is 2. The molecule has 0 bridgehead atoms. The van der Waals surface area contributed by atoms with Crippen LogP contribution in [0.25, 0.3) is 0 Å². The van der Waals surface area contributed by atoms with Crippen molar-refractivity contribution in [2.45, 2.75) is 5.03 Å². The molecular formula is C6H8N4OS. The van der Waals surface area contributed by atoms with Crippen molar-refractivity contribution in [3.05, 3.63) is 12.3 Å². The maximum absolute atomic E-state index is 10.4. The topological polar surface area (TPSA) is 94.9 Å². The predicted octanol–water partition coefficient (Wildman–Crippen LogP) is -0.364. The zero-order chi connectivity index (χ0) is 8.97. The molecule has 0 atom stereocenters. The predicted molar refractivity (Wildman–Crippen MR) is 46.4 cm³/mol. The van der Waals surface area contributed by atoms with Crippen LogP contribution in [0.2, 0.25) is 0 Å². The number of nitrogen functional groups attached to an aromatic ring is 1. The first-order valence-corrected chi connectivity index (χ1v) is 4.16. The van der Waals surface area contributed by atoms with Crippen molar-refractivity contribution in [3.8, 4) is 0 Å². The number of hydrogen-bond acceptors (Lipinski definition) is 5. The van der Waals surface area contributed by atoms with E-state index in [0.29, 0.717) is 5.03 Å². The normalized spacial score (nSPS) is 9.67. The van der Waals surface area contributed by atoms with Gasteiger partial charge in [-0.1, -0.05) is 11.8 Å². The van der Waals surface area contributed by atoms with E-state index in [0.717, 1.165) is 0 Å². The maximum Gasteiger partial charge on any atom is 0.227 e. The van der Waals surface area contributed by atoms with Crippen molar-refractivity contribution in [1.29, 1.82) is 0 Å². The molecular weight excluding hydrogens is 176 g/mol. The van der Waals surface area contributed by atoms with Gasteiger partial charge >= 0.3 is 0 Å². The molecule has 0 aliphatic rings. The molecule has 12 heavy (non-hydrogen) atoms. The Hall–Kier alpha value is -1.30. The highest BCUT2D eigenvalue weighted by atomic mass is 32.2. The van der Waals surface area contributed by atoms with E-state index in [1.807, 2.05) is 0 Å². The second kappa shape index (κ2) is 3.91.